The van der Waals surface area contributed by atoms with Crippen LogP contribution in [0.2, 0.25) is 0 Å². The van der Waals surface area contributed by atoms with Gasteiger partial charge in [0.2, 0.25) is 0 Å². The molecule has 0 bridgehead atoms. The molecule has 3 aromatic heterocycles. The Hall–Kier alpha value is -3.10. The third-order valence-corrected chi connectivity index (χ3v) is 5.79. The van der Waals surface area contributed by atoms with Gasteiger partial charge in [-0.15, -0.1) is 5.10 Å². The number of fused-ring (bicyclic) bond motifs is 1. The predicted octanol–water partition coefficient (Wildman–Crippen LogP) is 1.51. The molecule has 0 unspecified atom stereocenters. The van der Waals surface area contributed by atoms with Crippen molar-refractivity contribution in [1.82, 2.24) is 29.3 Å². The Kier molecular flexibility index (Phi) is 5.13. The zero-order valence-electron chi connectivity index (χ0n) is 18.2. The van der Waals surface area contributed by atoms with Gasteiger partial charge in [0.05, 0.1) is 11.9 Å². The van der Waals surface area contributed by atoms with Crippen LogP contribution in [0.4, 0.5) is 5.82 Å². The first-order chi connectivity index (χ1) is 14.3. The first-order valence-corrected chi connectivity index (χ1v) is 10.4. The number of amides is 1. The molecule has 1 saturated heterocycles. The zero-order chi connectivity index (χ0) is 21.6. The van der Waals surface area contributed by atoms with E-state index in [0.29, 0.717) is 24.7 Å². The molecule has 1 aliphatic rings. The number of aryl methyl sites for hydroxylation is 1. The first kappa shape index (κ1) is 20.2. The number of anilines is 1. The van der Waals surface area contributed by atoms with E-state index in [0.717, 1.165) is 30.1 Å². The number of nitrogens with zero attached hydrogens (tertiary/aromatic N) is 6. The quantitative estimate of drug-likeness (QED) is 0.687. The van der Waals surface area contributed by atoms with Crippen LogP contribution in [0.5, 0.6) is 0 Å². The van der Waals surface area contributed by atoms with Gasteiger partial charge in [-0.2, -0.15) is 0 Å². The lowest BCUT2D eigenvalue weighted by Gasteiger charge is -2.18. The summed E-state index contributed by atoms with van der Waals surface area (Å²) in [6, 6.07) is 3.88. The fourth-order valence-corrected chi connectivity index (χ4v) is 4.07. The molecule has 0 radical (unpaired) electrons. The van der Waals surface area contributed by atoms with Crippen molar-refractivity contribution in [3.8, 4) is 0 Å². The number of carbonyl (C=O) groups is 1. The SMILES string of the molecule is Cc1c(C(=O)N[C@H]2CCN(c3ccc4ncc(C)n4n3)C2)c(=O)n(CC(C)C)n1C. The molecule has 3 aromatic rings. The average molecular weight is 412 g/mol. The fourth-order valence-electron chi connectivity index (χ4n) is 4.07. The van der Waals surface area contributed by atoms with Crippen LogP contribution in [0.3, 0.4) is 0 Å². The molecule has 0 spiro atoms. The van der Waals surface area contributed by atoms with Gasteiger partial charge in [0.15, 0.2) is 5.65 Å². The van der Waals surface area contributed by atoms with Crippen LogP contribution < -0.4 is 15.8 Å². The minimum absolute atomic E-state index is 0.0311. The summed E-state index contributed by atoms with van der Waals surface area (Å²) in [4.78, 5) is 32.2. The monoisotopic (exact) mass is 411 g/mol. The highest BCUT2D eigenvalue weighted by atomic mass is 16.2. The molecular formula is C21H29N7O2. The number of imidazole rings is 1. The van der Waals surface area contributed by atoms with Crippen molar-refractivity contribution in [2.24, 2.45) is 13.0 Å². The van der Waals surface area contributed by atoms with Crippen LogP contribution in [0.1, 0.15) is 42.0 Å². The second kappa shape index (κ2) is 7.62. The third-order valence-electron chi connectivity index (χ3n) is 5.79. The Morgan fingerprint density at radius 3 is 2.80 bits per heavy atom. The predicted molar refractivity (Wildman–Crippen MR) is 115 cm³/mol. The Morgan fingerprint density at radius 1 is 1.30 bits per heavy atom. The summed E-state index contributed by atoms with van der Waals surface area (Å²) in [7, 11) is 1.83. The van der Waals surface area contributed by atoms with Crippen molar-refractivity contribution in [1.29, 1.82) is 0 Å². The van der Waals surface area contributed by atoms with E-state index < -0.39 is 0 Å². The standard InChI is InChI=1S/C21H29N7O2/c1-13(2)11-27-21(30)19(15(4)25(27)5)20(29)23-16-8-9-26(12-16)18-7-6-17-22-10-14(3)28(17)24-18/h6-7,10,13,16H,8-9,11-12H2,1-5H3,(H,23,29)/t16-/m0/s1. The maximum Gasteiger partial charge on any atom is 0.279 e. The molecule has 4 heterocycles. The van der Waals surface area contributed by atoms with Gasteiger partial charge in [0.1, 0.15) is 11.4 Å². The van der Waals surface area contributed by atoms with Gasteiger partial charge in [-0.25, -0.2) is 14.2 Å². The van der Waals surface area contributed by atoms with Crippen molar-refractivity contribution in [3.05, 3.63) is 45.6 Å². The first-order valence-electron chi connectivity index (χ1n) is 10.4. The van der Waals surface area contributed by atoms with Gasteiger partial charge in [-0.1, -0.05) is 13.8 Å². The van der Waals surface area contributed by atoms with Crippen LogP contribution in [-0.2, 0) is 13.6 Å². The highest BCUT2D eigenvalue weighted by Gasteiger charge is 2.28. The molecule has 1 amide bonds. The van der Waals surface area contributed by atoms with Crippen LogP contribution in [0, 0.1) is 19.8 Å². The maximum atomic E-state index is 12.9. The summed E-state index contributed by atoms with van der Waals surface area (Å²) >= 11 is 0. The van der Waals surface area contributed by atoms with Gasteiger partial charge in [0.25, 0.3) is 11.5 Å². The van der Waals surface area contributed by atoms with Crippen molar-refractivity contribution >= 4 is 17.4 Å². The molecule has 1 aliphatic heterocycles. The summed E-state index contributed by atoms with van der Waals surface area (Å²) in [5.41, 5.74) is 2.50. The van der Waals surface area contributed by atoms with E-state index in [1.807, 2.05) is 37.5 Å². The Labute approximate surface area is 175 Å². The van der Waals surface area contributed by atoms with Crippen molar-refractivity contribution in [2.45, 2.75) is 46.7 Å². The van der Waals surface area contributed by atoms with E-state index >= 15 is 0 Å². The van der Waals surface area contributed by atoms with E-state index in [9.17, 15) is 9.59 Å². The second-order valence-electron chi connectivity index (χ2n) is 8.53. The molecule has 9 heteroatoms. The van der Waals surface area contributed by atoms with Crippen molar-refractivity contribution < 1.29 is 4.79 Å². The van der Waals surface area contributed by atoms with Crippen molar-refractivity contribution in [3.63, 3.8) is 0 Å². The number of carbonyl (C=O) groups excluding carboxylic acids is 1. The topological polar surface area (TPSA) is 89.5 Å². The lowest BCUT2D eigenvalue weighted by atomic mass is 10.2. The minimum Gasteiger partial charge on any atom is -0.353 e. The molecule has 0 saturated carbocycles. The molecule has 0 aliphatic carbocycles. The van der Waals surface area contributed by atoms with Crippen molar-refractivity contribution in [2.75, 3.05) is 18.0 Å². The highest BCUT2D eigenvalue weighted by Crippen LogP contribution is 2.19. The van der Waals surface area contributed by atoms with E-state index in [4.69, 9.17) is 0 Å². The maximum absolute atomic E-state index is 12.9. The highest BCUT2D eigenvalue weighted by molar-refractivity contribution is 5.95. The molecule has 30 heavy (non-hydrogen) atoms. The molecule has 0 aromatic carbocycles. The van der Waals surface area contributed by atoms with Crippen LogP contribution in [0.15, 0.2) is 23.1 Å². The van der Waals surface area contributed by atoms with Gasteiger partial charge >= 0.3 is 0 Å². The van der Waals surface area contributed by atoms with E-state index in [1.165, 1.54) is 0 Å². The summed E-state index contributed by atoms with van der Waals surface area (Å²) in [5, 5.41) is 7.73. The molecule has 4 rings (SSSR count). The van der Waals surface area contributed by atoms with Crippen LogP contribution >= 0.6 is 0 Å². The van der Waals surface area contributed by atoms with Crippen LogP contribution in [-0.4, -0.2) is 49.0 Å². The normalized spacial score (nSPS) is 16.7. The number of hydrogen-bond donors (Lipinski definition) is 1. The second-order valence-corrected chi connectivity index (χ2v) is 8.53. The smallest absolute Gasteiger partial charge is 0.279 e. The van der Waals surface area contributed by atoms with E-state index in [-0.39, 0.29) is 23.1 Å². The zero-order valence-corrected chi connectivity index (χ0v) is 18.2. The van der Waals surface area contributed by atoms with E-state index in [2.05, 4.69) is 34.1 Å². The van der Waals surface area contributed by atoms with Gasteiger partial charge in [-0.3, -0.25) is 14.3 Å². The third kappa shape index (κ3) is 3.48. The lowest BCUT2D eigenvalue weighted by Crippen LogP contribution is -2.39. The number of hydrogen-bond acceptors (Lipinski definition) is 5. The molecule has 9 nitrogen and oxygen atoms in total. The van der Waals surface area contributed by atoms with Gasteiger partial charge < -0.3 is 10.2 Å². The molecule has 1 atom stereocenters. The largest absolute Gasteiger partial charge is 0.353 e. The minimum atomic E-state index is -0.295. The molecule has 1 N–H and O–H groups in total. The summed E-state index contributed by atoms with van der Waals surface area (Å²) in [5.74, 6) is 0.880. The average Bonchev–Trinajstić information content (AvgIpc) is 3.36. The number of rotatable bonds is 5. The molecular weight excluding hydrogens is 382 g/mol. The number of nitrogens with one attached hydrogen (secondary N) is 1. The Morgan fingerprint density at radius 2 is 2.07 bits per heavy atom. The van der Waals surface area contributed by atoms with Crippen LogP contribution in [0.25, 0.3) is 5.65 Å². The fraction of sp³-hybridized carbons (Fsp3) is 0.524. The summed E-state index contributed by atoms with van der Waals surface area (Å²) in [6.45, 7) is 9.93. The van der Waals surface area contributed by atoms with E-state index in [1.54, 1.807) is 15.6 Å². The van der Waals surface area contributed by atoms with Gasteiger partial charge in [-0.05, 0) is 38.3 Å². The molecule has 160 valence electrons. The Bertz CT molecular complexity index is 1150. The molecule has 1 fully saturated rings. The Balaban J connectivity index is 1.49. The number of aromatic nitrogens is 5. The summed E-state index contributed by atoms with van der Waals surface area (Å²) < 4.78 is 5.25. The van der Waals surface area contributed by atoms with Gasteiger partial charge in [0, 0.05) is 38.4 Å². The summed E-state index contributed by atoms with van der Waals surface area (Å²) in [6.07, 6.45) is 2.60. The lowest BCUT2D eigenvalue weighted by molar-refractivity contribution is 0.0938.